The van der Waals surface area contributed by atoms with Crippen molar-refractivity contribution in [1.82, 2.24) is 16.0 Å². The number of phenolic OH excluding ortho intramolecular Hbond substituents is 1. The van der Waals surface area contributed by atoms with Crippen LogP contribution in [0.1, 0.15) is 32.3 Å². The quantitative estimate of drug-likeness (QED) is 0.146. The number of carboxylic acids is 2. The molecule has 5 unspecified atom stereocenters. The highest BCUT2D eigenvalue weighted by molar-refractivity contribution is 5.95. The van der Waals surface area contributed by atoms with Crippen molar-refractivity contribution in [2.24, 2.45) is 11.7 Å². The molecule has 1 aromatic carbocycles. The Balaban J connectivity index is 3.04. The lowest BCUT2D eigenvalue weighted by Crippen LogP contribution is -2.59. The van der Waals surface area contributed by atoms with E-state index in [-0.39, 0.29) is 12.2 Å². The fourth-order valence-corrected chi connectivity index (χ4v) is 3.03. The topological polar surface area (TPSA) is 228 Å². The van der Waals surface area contributed by atoms with Gasteiger partial charge in [0.2, 0.25) is 17.7 Å². The first-order valence-electron chi connectivity index (χ1n) is 10.9. The molecule has 0 heterocycles. The lowest BCUT2D eigenvalue weighted by molar-refractivity contribution is -0.143. The zero-order valence-corrected chi connectivity index (χ0v) is 19.4. The smallest absolute Gasteiger partial charge is 0.326 e. The van der Waals surface area contributed by atoms with Crippen LogP contribution in [-0.2, 0) is 30.4 Å². The summed E-state index contributed by atoms with van der Waals surface area (Å²) in [6.07, 6.45) is -0.587. The number of benzene rings is 1. The van der Waals surface area contributed by atoms with Gasteiger partial charge in [0.15, 0.2) is 0 Å². The number of aliphatic hydroxyl groups excluding tert-OH is 1. The van der Waals surface area contributed by atoms with Gasteiger partial charge in [0.1, 0.15) is 29.9 Å². The molecule has 0 saturated carbocycles. The normalized spacial score (nSPS) is 15.1. The second kappa shape index (κ2) is 13.9. The van der Waals surface area contributed by atoms with Crippen LogP contribution in [0.5, 0.6) is 5.75 Å². The molecule has 0 aliphatic carbocycles. The summed E-state index contributed by atoms with van der Waals surface area (Å²) < 4.78 is 0. The highest BCUT2D eigenvalue weighted by atomic mass is 16.4. The Morgan fingerprint density at radius 2 is 1.49 bits per heavy atom. The van der Waals surface area contributed by atoms with Crippen LogP contribution in [0.25, 0.3) is 0 Å². The van der Waals surface area contributed by atoms with Crippen LogP contribution in [0.15, 0.2) is 24.3 Å². The largest absolute Gasteiger partial charge is 0.508 e. The number of aromatic hydroxyl groups is 1. The third-order valence-corrected chi connectivity index (χ3v) is 5.33. The van der Waals surface area contributed by atoms with E-state index in [9.17, 15) is 39.3 Å². The maximum atomic E-state index is 12.9. The number of nitrogens with one attached hydrogen (secondary N) is 3. The first kappa shape index (κ1) is 29.3. The Hall–Kier alpha value is -3.71. The van der Waals surface area contributed by atoms with Gasteiger partial charge in [-0.1, -0.05) is 32.4 Å². The van der Waals surface area contributed by atoms with E-state index < -0.39 is 72.8 Å². The van der Waals surface area contributed by atoms with Crippen molar-refractivity contribution in [3.63, 3.8) is 0 Å². The molecule has 0 spiro atoms. The van der Waals surface area contributed by atoms with Crippen LogP contribution in [0, 0.1) is 5.92 Å². The fourth-order valence-electron chi connectivity index (χ4n) is 3.03. The number of rotatable bonds is 14. The van der Waals surface area contributed by atoms with E-state index in [1.165, 1.54) is 24.3 Å². The summed E-state index contributed by atoms with van der Waals surface area (Å²) in [6, 6.07) is 0.0367. The zero-order valence-electron chi connectivity index (χ0n) is 19.4. The molecule has 0 aliphatic rings. The van der Waals surface area contributed by atoms with Gasteiger partial charge in [0.05, 0.1) is 13.0 Å². The molecule has 0 saturated heterocycles. The number of aliphatic hydroxyl groups is 1. The fraction of sp³-hybridized carbons (Fsp3) is 0.500. The van der Waals surface area contributed by atoms with E-state index in [0.29, 0.717) is 12.0 Å². The van der Waals surface area contributed by atoms with Gasteiger partial charge in [-0.05, 0) is 23.6 Å². The standard InChI is InChI=1S/C22H32N4O9/c1-3-11(2)18(26-19(31)14(23)10-27)21(33)24-15(9-17(29)30)20(32)25-16(22(34)35)8-12-4-6-13(28)7-5-12/h4-7,11,14-16,18,27-28H,3,8-10,23H2,1-2H3,(H,24,33)(H,25,32)(H,26,31)(H,29,30)(H,34,35). The number of amides is 3. The highest BCUT2D eigenvalue weighted by Crippen LogP contribution is 2.12. The van der Waals surface area contributed by atoms with E-state index in [1.807, 2.05) is 0 Å². The minimum atomic E-state index is -1.64. The molecule has 9 N–H and O–H groups in total. The molecule has 0 fully saturated rings. The molecule has 13 nitrogen and oxygen atoms in total. The van der Waals surface area contributed by atoms with Crippen molar-refractivity contribution in [2.45, 2.75) is 57.3 Å². The molecular formula is C22H32N4O9. The predicted octanol–water partition coefficient (Wildman–Crippen LogP) is -1.69. The molecule has 194 valence electrons. The Bertz CT molecular complexity index is 907. The Morgan fingerprint density at radius 1 is 0.914 bits per heavy atom. The van der Waals surface area contributed by atoms with Crippen LogP contribution < -0.4 is 21.7 Å². The van der Waals surface area contributed by atoms with Crippen LogP contribution >= 0.6 is 0 Å². The van der Waals surface area contributed by atoms with E-state index in [2.05, 4.69) is 16.0 Å². The van der Waals surface area contributed by atoms with Crippen molar-refractivity contribution < 1.29 is 44.4 Å². The van der Waals surface area contributed by atoms with E-state index in [4.69, 9.17) is 10.8 Å². The van der Waals surface area contributed by atoms with E-state index in [0.717, 1.165) is 0 Å². The third kappa shape index (κ3) is 9.59. The predicted molar refractivity (Wildman–Crippen MR) is 122 cm³/mol. The van der Waals surface area contributed by atoms with E-state index in [1.54, 1.807) is 13.8 Å². The molecular weight excluding hydrogens is 464 g/mol. The summed E-state index contributed by atoms with van der Waals surface area (Å²) in [4.78, 5) is 60.8. The van der Waals surface area contributed by atoms with Crippen molar-refractivity contribution in [2.75, 3.05) is 6.61 Å². The van der Waals surface area contributed by atoms with Crippen molar-refractivity contribution in [3.8, 4) is 5.75 Å². The number of aliphatic carboxylic acids is 2. The summed E-state index contributed by atoms with van der Waals surface area (Å²) in [5, 5.41) is 44.0. The second-order valence-corrected chi connectivity index (χ2v) is 8.09. The number of carboxylic acid groups (broad SMARTS) is 2. The molecule has 35 heavy (non-hydrogen) atoms. The van der Waals surface area contributed by atoms with Crippen LogP contribution in [0.2, 0.25) is 0 Å². The van der Waals surface area contributed by atoms with Crippen molar-refractivity contribution in [1.29, 1.82) is 0 Å². The van der Waals surface area contributed by atoms with Gasteiger partial charge in [0, 0.05) is 6.42 Å². The minimum Gasteiger partial charge on any atom is -0.508 e. The Morgan fingerprint density at radius 3 is 1.97 bits per heavy atom. The number of nitrogens with two attached hydrogens (primary N) is 1. The number of carbonyl (C=O) groups excluding carboxylic acids is 3. The zero-order chi connectivity index (χ0) is 26.7. The molecule has 3 amide bonds. The Labute approximate surface area is 201 Å². The maximum absolute atomic E-state index is 12.9. The van der Waals surface area contributed by atoms with Crippen LogP contribution in [0.3, 0.4) is 0 Å². The molecule has 13 heteroatoms. The second-order valence-electron chi connectivity index (χ2n) is 8.09. The van der Waals surface area contributed by atoms with Gasteiger partial charge < -0.3 is 42.1 Å². The monoisotopic (exact) mass is 496 g/mol. The Kier molecular flexibility index (Phi) is 11.6. The van der Waals surface area contributed by atoms with Gasteiger partial charge >= 0.3 is 11.9 Å². The molecule has 0 bridgehead atoms. The minimum absolute atomic E-state index is 0.0307. The first-order chi connectivity index (χ1) is 16.4. The lowest BCUT2D eigenvalue weighted by Gasteiger charge is -2.27. The highest BCUT2D eigenvalue weighted by Gasteiger charge is 2.33. The van der Waals surface area contributed by atoms with E-state index >= 15 is 0 Å². The average molecular weight is 497 g/mol. The molecule has 5 atom stereocenters. The van der Waals surface area contributed by atoms with Crippen LogP contribution in [-0.4, -0.2) is 80.9 Å². The van der Waals surface area contributed by atoms with Crippen molar-refractivity contribution in [3.05, 3.63) is 29.8 Å². The summed E-state index contributed by atoms with van der Waals surface area (Å²) in [5.41, 5.74) is 5.95. The van der Waals surface area contributed by atoms with Gasteiger partial charge in [-0.15, -0.1) is 0 Å². The summed E-state index contributed by atoms with van der Waals surface area (Å²) in [7, 11) is 0. The van der Waals surface area contributed by atoms with Crippen molar-refractivity contribution >= 4 is 29.7 Å². The molecule has 1 aromatic rings. The van der Waals surface area contributed by atoms with Gasteiger partial charge in [-0.2, -0.15) is 0 Å². The van der Waals surface area contributed by atoms with Gasteiger partial charge in [0.25, 0.3) is 0 Å². The number of hydrogen-bond donors (Lipinski definition) is 8. The van der Waals surface area contributed by atoms with Gasteiger partial charge in [-0.25, -0.2) is 4.79 Å². The molecule has 0 aliphatic heterocycles. The summed E-state index contributed by atoms with van der Waals surface area (Å²) in [5.74, 6) is -6.03. The summed E-state index contributed by atoms with van der Waals surface area (Å²) in [6.45, 7) is 2.72. The SMILES string of the molecule is CCC(C)C(NC(=O)C(N)CO)C(=O)NC(CC(=O)O)C(=O)NC(Cc1ccc(O)cc1)C(=O)O. The molecule has 0 radical (unpaired) electrons. The third-order valence-electron chi connectivity index (χ3n) is 5.33. The molecule has 1 rings (SSSR count). The number of hydrogen-bond acceptors (Lipinski definition) is 8. The lowest BCUT2D eigenvalue weighted by atomic mass is 9.97. The van der Waals surface area contributed by atoms with Gasteiger partial charge in [-0.3, -0.25) is 19.2 Å². The average Bonchev–Trinajstić information content (AvgIpc) is 2.81. The molecule has 0 aromatic heterocycles. The maximum Gasteiger partial charge on any atom is 0.326 e. The number of phenols is 1. The number of carbonyl (C=O) groups is 5. The van der Waals surface area contributed by atoms with Crippen LogP contribution in [0.4, 0.5) is 0 Å². The summed E-state index contributed by atoms with van der Waals surface area (Å²) >= 11 is 0. The first-order valence-corrected chi connectivity index (χ1v) is 10.9.